The van der Waals surface area contributed by atoms with E-state index >= 15 is 0 Å². The Morgan fingerprint density at radius 2 is 1.96 bits per heavy atom. The van der Waals surface area contributed by atoms with Gasteiger partial charge in [0.1, 0.15) is 11.4 Å². The number of likely N-dealkylation sites (tertiary alicyclic amines) is 1. The van der Waals surface area contributed by atoms with E-state index in [2.05, 4.69) is 37.6 Å². The Hall–Kier alpha value is -2.36. The Morgan fingerprint density at radius 3 is 2.59 bits per heavy atom. The second-order valence-electron chi connectivity index (χ2n) is 6.75. The van der Waals surface area contributed by atoms with Crippen molar-refractivity contribution >= 4 is 17.5 Å². The van der Waals surface area contributed by atoms with Crippen LogP contribution in [0.5, 0.6) is 0 Å². The van der Waals surface area contributed by atoms with Gasteiger partial charge in [0.2, 0.25) is 5.95 Å². The lowest BCUT2D eigenvalue weighted by Gasteiger charge is -2.28. The molecule has 2 aromatic heterocycles. The molecule has 0 radical (unpaired) electrons. The molecule has 0 aliphatic carbocycles. The SMILES string of the molecule is CCNc1nc(Nc2cn(C3CCN(C)CC3)nc2C)ncc1C(F)(F)F. The van der Waals surface area contributed by atoms with Crippen molar-refractivity contribution < 1.29 is 13.2 Å². The van der Waals surface area contributed by atoms with Crippen LogP contribution in [-0.2, 0) is 6.18 Å². The number of hydrogen-bond acceptors (Lipinski definition) is 6. The summed E-state index contributed by atoms with van der Waals surface area (Å²) in [5.74, 6) is -0.132. The van der Waals surface area contributed by atoms with Gasteiger partial charge in [-0.1, -0.05) is 0 Å². The molecule has 2 N–H and O–H groups in total. The van der Waals surface area contributed by atoms with E-state index in [4.69, 9.17) is 0 Å². The van der Waals surface area contributed by atoms with Gasteiger partial charge in [-0.2, -0.15) is 23.3 Å². The molecule has 27 heavy (non-hydrogen) atoms. The van der Waals surface area contributed by atoms with Crippen molar-refractivity contribution in [3.8, 4) is 0 Å². The fourth-order valence-corrected chi connectivity index (χ4v) is 3.12. The van der Waals surface area contributed by atoms with Gasteiger partial charge >= 0.3 is 6.18 Å². The van der Waals surface area contributed by atoms with Gasteiger partial charge in [-0.3, -0.25) is 4.68 Å². The smallest absolute Gasteiger partial charge is 0.370 e. The highest BCUT2D eigenvalue weighted by Crippen LogP contribution is 2.34. The van der Waals surface area contributed by atoms with E-state index in [-0.39, 0.29) is 11.8 Å². The summed E-state index contributed by atoms with van der Waals surface area (Å²) in [4.78, 5) is 10.1. The van der Waals surface area contributed by atoms with E-state index in [1.807, 2.05) is 17.8 Å². The predicted octanol–water partition coefficient (Wildman–Crippen LogP) is 3.44. The largest absolute Gasteiger partial charge is 0.421 e. The zero-order valence-corrected chi connectivity index (χ0v) is 15.6. The number of hydrogen-bond donors (Lipinski definition) is 2. The van der Waals surface area contributed by atoms with Crippen molar-refractivity contribution in [3.63, 3.8) is 0 Å². The Kier molecular flexibility index (Phi) is 5.54. The van der Waals surface area contributed by atoms with Crippen molar-refractivity contribution in [1.82, 2.24) is 24.6 Å². The topological polar surface area (TPSA) is 70.9 Å². The number of aryl methyl sites for hydroxylation is 1. The van der Waals surface area contributed by atoms with E-state index in [0.717, 1.165) is 37.8 Å². The molecule has 10 heteroatoms. The number of aromatic nitrogens is 4. The van der Waals surface area contributed by atoms with Crippen LogP contribution in [0.2, 0.25) is 0 Å². The van der Waals surface area contributed by atoms with Crippen LogP contribution in [0.25, 0.3) is 0 Å². The van der Waals surface area contributed by atoms with Gasteiger partial charge < -0.3 is 15.5 Å². The molecule has 0 aromatic carbocycles. The molecule has 3 rings (SSSR count). The maximum Gasteiger partial charge on any atom is 0.421 e. The molecule has 0 spiro atoms. The van der Waals surface area contributed by atoms with Crippen molar-refractivity contribution in [2.24, 2.45) is 0 Å². The minimum absolute atomic E-state index is 0.102. The van der Waals surface area contributed by atoms with Gasteiger partial charge in [-0.15, -0.1) is 0 Å². The van der Waals surface area contributed by atoms with Gasteiger partial charge in [-0.25, -0.2) is 4.98 Å². The van der Waals surface area contributed by atoms with E-state index in [0.29, 0.717) is 18.3 Å². The molecule has 7 nitrogen and oxygen atoms in total. The van der Waals surface area contributed by atoms with Gasteiger partial charge in [0.15, 0.2) is 0 Å². The number of alkyl halides is 3. The minimum Gasteiger partial charge on any atom is -0.370 e. The highest BCUT2D eigenvalue weighted by molar-refractivity contribution is 5.58. The van der Waals surface area contributed by atoms with Gasteiger partial charge in [0.05, 0.1) is 17.4 Å². The lowest BCUT2D eigenvalue weighted by Crippen LogP contribution is -2.31. The summed E-state index contributed by atoms with van der Waals surface area (Å²) in [6.07, 6.45) is 0.186. The number of piperidine rings is 1. The third-order valence-electron chi connectivity index (χ3n) is 4.66. The predicted molar refractivity (Wildman–Crippen MR) is 97.2 cm³/mol. The Labute approximate surface area is 156 Å². The van der Waals surface area contributed by atoms with Gasteiger partial charge in [-0.05, 0) is 46.8 Å². The summed E-state index contributed by atoms with van der Waals surface area (Å²) in [5, 5.41) is 10.2. The van der Waals surface area contributed by atoms with Crippen LogP contribution in [0.1, 0.15) is 37.1 Å². The van der Waals surface area contributed by atoms with Gasteiger partial charge in [0.25, 0.3) is 0 Å². The number of nitrogens with zero attached hydrogens (tertiary/aromatic N) is 5. The van der Waals surface area contributed by atoms with Crippen molar-refractivity contribution in [1.29, 1.82) is 0 Å². The summed E-state index contributed by atoms with van der Waals surface area (Å²) >= 11 is 0. The summed E-state index contributed by atoms with van der Waals surface area (Å²) in [5.41, 5.74) is 0.562. The van der Waals surface area contributed by atoms with Crippen LogP contribution in [0.3, 0.4) is 0 Å². The lowest BCUT2D eigenvalue weighted by atomic mass is 10.1. The zero-order valence-electron chi connectivity index (χ0n) is 15.6. The van der Waals surface area contributed by atoms with E-state index < -0.39 is 11.7 Å². The number of halogens is 3. The quantitative estimate of drug-likeness (QED) is 0.824. The molecule has 3 heterocycles. The first-order valence-corrected chi connectivity index (χ1v) is 8.97. The molecule has 2 aromatic rings. The van der Waals surface area contributed by atoms with Crippen molar-refractivity contribution in [2.75, 3.05) is 37.3 Å². The molecule has 1 aliphatic heterocycles. The highest BCUT2D eigenvalue weighted by Gasteiger charge is 2.35. The monoisotopic (exact) mass is 383 g/mol. The first-order chi connectivity index (χ1) is 12.8. The number of anilines is 3. The molecule has 1 aliphatic rings. The number of rotatable bonds is 5. The average molecular weight is 383 g/mol. The molecule has 0 bridgehead atoms. The van der Waals surface area contributed by atoms with Crippen LogP contribution >= 0.6 is 0 Å². The van der Waals surface area contributed by atoms with Crippen LogP contribution in [0, 0.1) is 6.92 Å². The Balaban J connectivity index is 1.80. The minimum atomic E-state index is -4.51. The first-order valence-electron chi connectivity index (χ1n) is 8.97. The summed E-state index contributed by atoms with van der Waals surface area (Å²) in [7, 11) is 2.10. The summed E-state index contributed by atoms with van der Waals surface area (Å²) in [6.45, 7) is 5.92. The second-order valence-corrected chi connectivity index (χ2v) is 6.75. The molecule has 0 amide bonds. The zero-order chi connectivity index (χ0) is 19.6. The van der Waals surface area contributed by atoms with Crippen LogP contribution < -0.4 is 10.6 Å². The maximum absolute atomic E-state index is 13.1. The van der Waals surface area contributed by atoms with E-state index in [9.17, 15) is 13.2 Å². The van der Waals surface area contributed by atoms with Crippen molar-refractivity contribution in [2.45, 2.75) is 38.9 Å². The van der Waals surface area contributed by atoms with Crippen LogP contribution in [0.4, 0.5) is 30.6 Å². The molecular weight excluding hydrogens is 359 g/mol. The standard InChI is InChI=1S/C17H24F3N7/c1-4-21-15-13(17(18,19)20)9-22-16(24-15)23-14-10-27(25-11(14)2)12-5-7-26(3)8-6-12/h9-10,12H,4-8H2,1-3H3,(H2,21,22,23,24). The number of nitrogens with one attached hydrogen (secondary N) is 2. The highest BCUT2D eigenvalue weighted by atomic mass is 19.4. The van der Waals surface area contributed by atoms with E-state index in [1.54, 1.807) is 6.92 Å². The molecular formula is C17H24F3N7. The molecule has 1 saturated heterocycles. The first kappa shape index (κ1) is 19.4. The Bertz CT molecular complexity index is 779. The fraction of sp³-hybridized carbons (Fsp3) is 0.588. The molecule has 0 saturated carbocycles. The average Bonchev–Trinajstić information content (AvgIpc) is 2.95. The Morgan fingerprint density at radius 1 is 1.26 bits per heavy atom. The van der Waals surface area contributed by atoms with Gasteiger partial charge in [0, 0.05) is 18.9 Å². The normalized spacial score (nSPS) is 16.5. The molecule has 1 fully saturated rings. The maximum atomic E-state index is 13.1. The van der Waals surface area contributed by atoms with Crippen LogP contribution in [0.15, 0.2) is 12.4 Å². The molecule has 148 valence electrons. The fourth-order valence-electron chi connectivity index (χ4n) is 3.12. The molecule has 0 atom stereocenters. The third-order valence-corrected chi connectivity index (χ3v) is 4.66. The summed E-state index contributed by atoms with van der Waals surface area (Å²) in [6, 6.07) is 0.321. The summed E-state index contributed by atoms with van der Waals surface area (Å²) < 4.78 is 41.2. The molecule has 0 unspecified atom stereocenters. The third kappa shape index (κ3) is 4.49. The van der Waals surface area contributed by atoms with E-state index in [1.165, 1.54) is 0 Å². The van der Waals surface area contributed by atoms with Crippen LogP contribution in [-0.4, -0.2) is 51.3 Å². The second kappa shape index (κ2) is 7.71. The van der Waals surface area contributed by atoms with Crippen molar-refractivity contribution in [3.05, 3.63) is 23.7 Å². The lowest BCUT2D eigenvalue weighted by molar-refractivity contribution is -0.137.